The molecule has 1 aliphatic rings. The van der Waals surface area contributed by atoms with Crippen LogP contribution in [0.3, 0.4) is 0 Å². The zero-order chi connectivity index (χ0) is 18.5. The maximum absolute atomic E-state index is 13.0. The molecular weight excluding hydrogens is 467 g/mol. The van der Waals surface area contributed by atoms with Crippen LogP contribution in [0.15, 0.2) is 46.5 Å². The van der Waals surface area contributed by atoms with Crippen LogP contribution in [0.4, 0.5) is 5.82 Å². The minimum atomic E-state index is -3.82. The quantitative estimate of drug-likeness (QED) is 0.426. The van der Waals surface area contributed by atoms with Gasteiger partial charge in [-0.25, -0.2) is 13.4 Å². The first-order valence-electron chi connectivity index (χ1n) is 8.11. The average Bonchev–Trinajstić information content (AvgIpc) is 3.27. The smallest absolute Gasteiger partial charge is 0.241 e. The van der Waals surface area contributed by atoms with Crippen LogP contribution < -0.4 is 10.5 Å². The predicted molar refractivity (Wildman–Crippen MR) is 106 cm³/mol. The number of nitrogen functional groups attached to an aromatic ring is 1. The van der Waals surface area contributed by atoms with Crippen molar-refractivity contribution in [3.05, 3.63) is 36.7 Å². The highest BCUT2D eigenvalue weighted by Gasteiger charge is 2.46. The number of aromatic nitrogens is 3. The van der Waals surface area contributed by atoms with Crippen LogP contribution in [0.1, 0.15) is 19.8 Å². The number of anilines is 1. The Balaban J connectivity index is 1.83. The van der Waals surface area contributed by atoms with Crippen molar-refractivity contribution in [3.8, 4) is 5.88 Å². The molecule has 1 unspecified atom stereocenters. The van der Waals surface area contributed by atoms with Gasteiger partial charge in [0.05, 0.1) is 8.32 Å². The predicted octanol–water partition coefficient (Wildman–Crippen LogP) is 3.11. The normalized spacial score (nSPS) is 17.2. The van der Waals surface area contributed by atoms with Gasteiger partial charge in [-0.2, -0.15) is 4.98 Å². The van der Waals surface area contributed by atoms with E-state index in [0.717, 1.165) is 12.8 Å². The number of nitrogens with zero attached hydrogens (tertiary/aromatic N) is 2. The van der Waals surface area contributed by atoms with Gasteiger partial charge in [-0.15, -0.1) is 0 Å². The lowest BCUT2D eigenvalue weighted by Gasteiger charge is -2.18. The molecule has 0 spiro atoms. The van der Waals surface area contributed by atoms with Gasteiger partial charge in [0.2, 0.25) is 15.7 Å². The van der Waals surface area contributed by atoms with Crippen LogP contribution in [0.2, 0.25) is 0 Å². The highest BCUT2D eigenvalue weighted by molar-refractivity contribution is 14.1. The number of sulfone groups is 1. The van der Waals surface area contributed by atoms with Crippen molar-refractivity contribution in [1.29, 1.82) is 0 Å². The van der Waals surface area contributed by atoms with Crippen molar-refractivity contribution in [3.63, 3.8) is 0 Å². The topological polar surface area (TPSA) is 111 Å². The van der Waals surface area contributed by atoms with E-state index < -0.39 is 9.84 Å². The highest BCUT2D eigenvalue weighted by atomic mass is 127. The molecule has 1 saturated carbocycles. The molecule has 4 rings (SSSR count). The molecule has 7 nitrogen and oxygen atoms in total. The monoisotopic (exact) mass is 484 g/mol. The number of benzene rings is 1. The van der Waals surface area contributed by atoms with Crippen LogP contribution in [0.5, 0.6) is 5.88 Å². The zero-order valence-electron chi connectivity index (χ0n) is 13.9. The molecule has 2 aromatic heterocycles. The van der Waals surface area contributed by atoms with Gasteiger partial charge >= 0.3 is 0 Å². The second-order valence-electron chi connectivity index (χ2n) is 6.38. The summed E-state index contributed by atoms with van der Waals surface area (Å²) in [5.74, 6) is 0.337. The van der Waals surface area contributed by atoms with Gasteiger partial charge in [0.15, 0.2) is 0 Å². The average molecular weight is 484 g/mol. The fraction of sp³-hybridized carbons (Fsp3) is 0.294. The van der Waals surface area contributed by atoms with Crippen LogP contribution in [-0.4, -0.2) is 32.9 Å². The lowest BCUT2D eigenvalue weighted by Crippen LogP contribution is -2.25. The number of aromatic amines is 1. The Labute approximate surface area is 164 Å². The Kier molecular flexibility index (Phi) is 4.10. The number of halogens is 1. The van der Waals surface area contributed by atoms with Crippen LogP contribution >= 0.6 is 22.6 Å². The number of nitrogens with one attached hydrogen (secondary N) is 1. The fourth-order valence-electron chi connectivity index (χ4n) is 2.85. The van der Waals surface area contributed by atoms with Crippen molar-refractivity contribution >= 4 is 49.3 Å². The molecule has 1 aliphatic carbocycles. The summed E-state index contributed by atoms with van der Waals surface area (Å²) in [5.41, 5.74) is 6.65. The summed E-state index contributed by atoms with van der Waals surface area (Å²) in [5, 5.41) is 0. The highest BCUT2D eigenvalue weighted by Crippen LogP contribution is 2.49. The molecule has 0 amide bonds. The molecule has 1 aromatic carbocycles. The molecule has 0 bridgehead atoms. The Bertz CT molecular complexity index is 1080. The van der Waals surface area contributed by atoms with Gasteiger partial charge in [0.1, 0.15) is 34.2 Å². The van der Waals surface area contributed by atoms with E-state index in [-0.39, 0.29) is 30.7 Å². The minimum Gasteiger partial charge on any atom is -0.472 e. The maximum atomic E-state index is 13.0. The van der Waals surface area contributed by atoms with Gasteiger partial charge in [-0.3, -0.25) is 0 Å². The number of alkyl halides is 1. The summed E-state index contributed by atoms with van der Waals surface area (Å²) in [6.45, 7) is 1.99. The number of nitrogens with two attached hydrogens (primary N) is 1. The molecule has 0 saturated heterocycles. The third-order valence-corrected chi connectivity index (χ3v) is 8.40. The number of ether oxygens (including phenoxy) is 1. The second-order valence-corrected chi connectivity index (χ2v) is 10.4. The maximum Gasteiger partial charge on any atom is 0.241 e. The van der Waals surface area contributed by atoms with Gasteiger partial charge in [-0.1, -0.05) is 40.8 Å². The van der Waals surface area contributed by atoms with Gasteiger partial charge in [0.25, 0.3) is 0 Å². The van der Waals surface area contributed by atoms with Crippen molar-refractivity contribution < 1.29 is 13.2 Å². The van der Waals surface area contributed by atoms with E-state index in [1.165, 1.54) is 18.5 Å². The molecule has 0 aliphatic heterocycles. The van der Waals surface area contributed by atoms with Crippen LogP contribution in [-0.2, 0) is 9.84 Å². The molecule has 2 heterocycles. The van der Waals surface area contributed by atoms with E-state index in [4.69, 9.17) is 10.5 Å². The third kappa shape index (κ3) is 2.82. The summed E-state index contributed by atoms with van der Waals surface area (Å²) in [7, 11) is -3.82. The number of rotatable bonds is 5. The first-order chi connectivity index (χ1) is 12.3. The van der Waals surface area contributed by atoms with E-state index in [1.807, 2.05) is 6.92 Å². The van der Waals surface area contributed by atoms with E-state index in [1.54, 1.807) is 18.2 Å². The molecule has 3 N–H and O–H groups in total. The first kappa shape index (κ1) is 17.5. The van der Waals surface area contributed by atoms with Gasteiger partial charge in [0, 0.05) is 0 Å². The summed E-state index contributed by atoms with van der Waals surface area (Å²) in [6, 6.07) is 8.14. The SMILES string of the molecule is CC(Oc1ncnc2c(S(=O)(=O)c3ccccc3)c(N)[nH]c12)C1(I)CC1. The molecule has 136 valence electrons. The van der Waals surface area contributed by atoms with Gasteiger partial charge in [-0.05, 0) is 31.9 Å². The standard InChI is InChI=1S/C17H17IN4O3S/c1-10(17(18)7-8-17)25-16-13-12(20-9-21-16)14(15(19)22-13)26(23,24)11-5-3-2-4-6-11/h2-6,9-10,22H,7-8,19H2,1H3. The lowest BCUT2D eigenvalue weighted by molar-refractivity contribution is 0.210. The number of fused-ring (bicyclic) bond motifs is 1. The fourth-order valence-corrected chi connectivity index (χ4v) is 4.75. The van der Waals surface area contributed by atoms with Crippen LogP contribution in [0, 0.1) is 0 Å². The van der Waals surface area contributed by atoms with E-state index in [9.17, 15) is 8.42 Å². The Morgan fingerprint density at radius 1 is 1.27 bits per heavy atom. The lowest BCUT2D eigenvalue weighted by atomic mass is 10.3. The van der Waals surface area contributed by atoms with Crippen molar-refractivity contribution in [1.82, 2.24) is 15.0 Å². The number of hydrogen-bond acceptors (Lipinski definition) is 6. The summed E-state index contributed by atoms with van der Waals surface area (Å²) in [4.78, 5) is 11.3. The second kappa shape index (κ2) is 6.08. The molecule has 26 heavy (non-hydrogen) atoms. The first-order valence-corrected chi connectivity index (χ1v) is 10.7. The molecule has 1 fully saturated rings. The van der Waals surface area contributed by atoms with E-state index in [2.05, 4.69) is 37.5 Å². The number of H-pyrrole nitrogens is 1. The Morgan fingerprint density at radius 3 is 2.62 bits per heavy atom. The molecule has 9 heteroatoms. The minimum absolute atomic E-state index is 0.0254. The van der Waals surface area contributed by atoms with Gasteiger partial charge < -0.3 is 15.5 Å². The van der Waals surface area contributed by atoms with E-state index in [0.29, 0.717) is 11.4 Å². The van der Waals surface area contributed by atoms with Crippen molar-refractivity contribution in [2.24, 2.45) is 0 Å². The molecule has 0 radical (unpaired) electrons. The zero-order valence-corrected chi connectivity index (χ0v) is 16.9. The van der Waals surface area contributed by atoms with Crippen LogP contribution in [0.25, 0.3) is 11.0 Å². The molecular formula is C17H17IN4O3S. The Morgan fingerprint density at radius 2 is 1.96 bits per heavy atom. The van der Waals surface area contributed by atoms with E-state index >= 15 is 0 Å². The summed E-state index contributed by atoms with van der Waals surface area (Å²) in [6.07, 6.45) is 3.42. The number of hydrogen-bond donors (Lipinski definition) is 2. The summed E-state index contributed by atoms with van der Waals surface area (Å²) >= 11 is 2.40. The molecule has 3 aromatic rings. The van der Waals surface area contributed by atoms with Crippen molar-refractivity contribution in [2.45, 2.75) is 39.1 Å². The Hall–Kier alpha value is -1.88. The summed E-state index contributed by atoms with van der Waals surface area (Å²) < 4.78 is 32.2. The molecule has 1 atom stereocenters. The third-order valence-electron chi connectivity index (χ3n) is 4.60. The largest absolute Gasteiger partial charge is 0.472 e. The van der Waals surface area contributed by atoms with Crippen molar-refractivity contribution in [2.75, 3.05) is 5.73 Å².